The Morgan fingerprint density at radius 2 is 2.12 bits per heavy atom. The van der Waals surface area contributed by atoms with Gasteiger partial charge in [0.2, 0.25) is 0 Å². The Balaban J connectivity index is 2.27. The van der Waals surface area contributed by atoms with Crippen LogP contribution in [0.15, 0.2) is 24.3 Å². The summed E-state index contributed by atoms with van der Waals surface area (Å²) in [5.74, 6) is 0. The molecular weight excluding hydrogens is 200 g/mol. The molecule has 1 aromatic rings. The third-order valence-electron chi connectivity index (χ3n) is 3.66. The Labute approximate surface area is 97.3 Å². The molecule has 0 bridgehead atoms. The smallest absolute Gasteiger partial charge is 0.0923 e. The predicted molar refractivity (Wildman–Crippen MR) is 64.3 cm³/mol. The van der Waals surface area contributed by atoms with E-state index < -0.39 is 5.60 Å². The first-order chi connectivity index (χ1) is 7.65. The molecule has 88 valence electrons. The molecular formula is C14H20O2. The number of rotatable bonds is 2. The monoisotopic (exact) mass is 220 g/mol. The van der Waals surface area contributed by atoms with Crippen LogP contribution in [-0.2, 0) is 10.3 Å². The zero-order valence-electron chi connectivity index (χ0n) is 10.1. The van der Waals surface area contributed by atoms with Crippen LogP contribution in [0.3, 0.4) is 0 Å². The second-order valence-corrected chi connectivity index (χ2v) is 4.80. The van der Waals surface area contributed by atoms with Crippen LogP contribution in [0.1, 0.15) is 36.8 Å². The molecule has 0 saturated heterocycles. The van der Waals surface area contributed by atoms with Crippen LogP contribution in [0.2, 0.25) is 0 Å². The van der Waals surface area contributed by atoms with Gasteiger partial charge in [0.25, 0.3) is 0 Å². The van der Waals surface area contributed by atoms with E-state index in [1.165, 1.54) is 5.56 Å². The van der Waals surface area contributed by atoms with Gasteiger partial charge in [0.05, 0.1) is 11.7 Å². The Morgan fingerprint density at radius 1 is 1.38 bits per heavy atom. The van der Waals surface area contributed by atoms with Gasteiger partial charge in [0.1, 0.15) is 0 Å². The van der Waals surface area contributed by atoms with Crippen molar-refractivity contribution in [2.75, 3.05) is 7.11 Å². The van der Waals surface area contributed by atoms with Crippen molar-refractivity contribution in [1.29, 1.82) is 0 Å². The van der Waals surface area contributed by atoms with Crippen molar-refractivity contribution in [3.63, 3.8) is 0 Å². The maximum atomic E-state index is 10.7. The highest BCUT2D eigenvalue weighted by molar-refractivity contribution is 5.31. The largest absolute Gasteiger partial charge is 0.385 e. The summed E-state index contributed by atoms with van der Waals surface area (Å²) in [6, 6.07) is 8.10. The lowest BCUT2D eigenvalue weighted by Gasteiger charge is -2.37. The number of hydrogen-bond donors (Lipinski definition) is 1. The van der Waals surface area contributed by atoms with Gasteiger partial charge in [-0.25, -0.2) is 0 Å². The topological polar surface area (TPSA) is 29.5 Å². The van der Waals surface area contributed by atoms with Crippen molar-refractivity contribution in [1.82, 2.24) is 0 Å². The second kappa shape index (κ2) is 4.56. The summed E-state index contributed by atoms with van der Waals surface area (Å²) < 4.78 is 5.39. The average molecular weight is 220 g/mol. The summed E-state index contributed by atoms with van der Waals surface area (Å²) in [4.78, 5) is 0. The van der Waals surface area contributed by atoms with E-state index in [1.54, 1.807) is 7.11 Å². The SMILES string of the molecule is COC1CCCC(O)(c2ccccc2C)C1. The first kappa shape index (κ1) is 11.6. The van der Waals surface area contributed by atoms with Gasteiger partial charge < -0.3 is 9.84 Å². The predicted octanol–water partition coefficient (Wildman–Crippen LogP) is 2.77. The van der Waals surface area contributed by atoms with Crippen LogP contribution in [0.4, 0.5) is 0 Å². The van der Waals surface area contributed by atoms with Gasteiger partial charge in [-0.3, -0.25) is 0 Å². The number of ether oxygens (including phenoxy) is 1. The molecule has 1 aromatic carbocycles. The molecule has 2 rings (SSSR count). The van der Waals surface area contributed by atoms with Crippen LogP contribution in [0, 0.1) is 6.92 Å². The van der Waals surface area contributed by atoms with E-state index in [0.29, 0.717) is 6.42 Å². The maximum absolute atomic E-state index is 10.7. The molecule has 0 aliphatic heterocycles. The van der Waals surface area contributed by atoms with Crippen molar-refractivity contribution < 1.29 is 9.84 Å². The minimum Gasteiger partial charge on any atom is -0.385 e. The highest BCUT2D eigenvalue weighted by Crippen LogP contribution is 2.39. The van der Waals surface area contributed by atoms with Crippen LogP contribution < -0.4 is 0 Å². The molecule has 0 spiro atoms. The van der Waals surface area contributed by atoms with E-state index >= 15 is 0 Å². The van der Waals surface area contributed by atoms with E-state index in [0.717, 1.165) is 24.8 Å². The van der Waals surface area contributed by atoms with Gasteiger partial charge >= 0.3 is 0 Å². The Morgan fingerprint density at radius 3 is 2.81 bits per heavy atom. The Hall–Kier alpha value is -0.860. The first-order valence-electron chi connectivity index (χ1n) is 5.97. The fourth-order valence-corrected chi connectivity index (χ4v) is 2.74. The maximum Gasteiger partial charge on any atom is 0.0923 e. The van der Waals surface area contributed by atoms with Crippen molar-refractivity contribution in [3.05, 3.63) is 35.4 Å². The average Bonchev–Trinajstić information content (AvgIpc) is 2.29. The third-order valence-corrected chi connectivity index (χ3v) is 3.66. The molecule has 0 aromatic heterocycles. The summed E-state index contributed by atoms with van der Waals surface area (Å²) in [6.07, 6.45) is 3.85. The van der Waals surface area contributed by atoms with E-state index in [-0.39, 0.29) is 6.10 Å². The summed E-state index contributed by atoms with van der Waals surface area (Å²) in [7, 11) is 1.73. The highest BCUT2D eigenvalue weighted by atomic mass is 16.5. The normalized spacial score (nSPS) is 30.3. The van der Waals surface area contributed by atoms with E-state index in [9.17, 15) is 5.11 Å². The third kappa shape index (κ3) is 2.13. The Kier molecular flexibility index (Phi) is 3.31. The van der Waals surface area contributed by atoms with Gasteiger partial charge in [0, 0.05) is 13.5 Å². The number of hydrogen-bond acceptors (Lipinski definition) is 2. The lowest BCUT2D eigenvalue weighted by atomic mass is 9.77. The summed E-state index contributed by atoms with van der Waals surface area (Å²) in [5, 5.41) is 10.7. The molecule has 1 N–H and O–H groups in total. The molecule has 0 radical (unpaired) electrons. The first-order valence-corrected chi connectivity index (χ1v) is 5.97. The molecule has 1 aliphatic carbocycles. The van der Waals surface area contributed by atoms with Crippen molar-refractivity contribution >= 4 is 0 Å². The second-order valence-electron chi connectivity index (χ2n) is 4.80. The van der Waals surface area contributed by atoms with Crippen LogP contribution >= 0.6 is 0 Å². The fourth-order valence-electron chi connectivity index (χ4n) is 2.74. The molecule has 16 heavy (non-hydrogen) atoms. The fraction of sp³-hybridized carbons (Fsp3) is 0.571. The molecule has 2 nitrogen and oxygen atoms in total. The zero-order valence-corrected chi connectivity index (χ0v) is 10.1. The summed E-state index contributed by atoms with van der Waals surface area (Å²) in [5.41, 5.74) is 1.54. The van der Waals surface area contributed by atoms with E-state index in [2.05, 4.69) is 13.0 Å². The highest BCUT2D eigenvalue weighted by Gasteiger charge is 2.36. The Bertz CT molecular complexity index is 362. The molecule has 2 heteroatoms. The summed E-state index contributed by atoms with van der Waals surface area (Å²) in [6.45, 7) is 2.06. The van der Waals surface area contributed by atoms with Crippen molar-refractivity contribution in [2.24, 2.45) is 0 Å². The standard InChI is InChI=1S/C14H20O2/c1-11-6-3-4-8-13(11)14(15)9-5-7-12(10-14)16-2/h3-4,6,8,12,15H,5,7,9-10H2,1-2H3. The van der Waals surface area contributed by atoms with Gasteiger partial charge in [-0.2, -0.15) is 0 Å². The van der Waals surface area contributed by atoms with Gasteiger partial charge in [-0.1, -0.05) is 24.3 Å². The molecule has 1 aliphatic rings. The minimum absolute atomic E-state index is 0.193. The molecule has 2 unspecified atom stereocenters. The van der Waals surface area contributed by atoms with Gasteiger partial charge in [0.15, 0.2) is 0 Å². The molecule has 2 atom stereocenters. The lowest BCUT2D eigenvalue weighted by molar-refractivity contribution is -0.0635. The van der Waals surface area contributed by atoms with Gasteiger partial charge in [-0.15, -0.1) is 0 Å². The van der Waals surface area contributed by atoms with Crippen LogP contribution in [0.25, 0.3) is 0 Å². The molecule has 1 fully saturated rings. The number of methoxy groups -OCH3 is 1. The number of aryl methyl sites for hydroxylation is 1. The van der Waals surface area contributed by atoms with E-state index in [4.69, 9.17) is 4.74 Å². The molecule has 0 heterocycles. The van der Waals surface area contributed by atoms with E-state index in [1.807, 2.05) is 18.2 Å². The lowest BCUT2D eigenvalue weighted by Crippen LogP contribution is -2.36. The minimum atomic E-state index is -0.690. The molecule has 0 amide bonds. The van der Waals surface area contributed by atoms with Crippen LogP contribution in [0.5, 0.6) is 0 Å². The molecule has 1 saturated carbocycles. The van der Waals surface area contributed by atoms with Crippen molar-refractivity contribution in [3.8, 4) is 0 Å². The number of benzene rings is 1. The van der Waals surface area contributed by atoms with Crippen molar-refractivity contribution in [2.45, 2.75) is 44.3 Å². The van der Waals surface area contributed by atoms with Crippen LogP contribution in [-0.4, -0.2) is 18.3 Å². The number of aliphatic hydroxyl groups is 1. The zero-order chi connectivity index (χ0) is 11.6. The summed E-state index contributed by atoms with van der Waals surface area (Å²) >= 11 is 0. The quantitative estimate of drug-likeness (QED) is 0.830. The van der Waals surface area contributed by atoms with Gasteiger partial charge in [-0.05, 0) is 37.3 Å².